The van der Waals surface area contributed by atoms with E-state index in [9.17, 15) is 34.2 Å². The first-order valence-electron chi connectivity index (χ1n) is 8.78. The lowest BCUT2D eigenvalue weighted by Gasteiger charge is -2.25. The first kappa shape index (κ1) is 26.2. The molecule has 0 saturated heterocycles. The molecule has 0 rings (SSSR count). The molecular weight excluding hydrogens is 390 g/mol. The van der Waals surface area contributed by atoms with Crippen LogP contribution in [0, 0.1) is 5.92 Å². The van der Waals surface area contributed by atoms with Gasteiger partial charge in [-0.15, -0.1) is 0 Å². The van der Waals surface area contributed by atoms with Gasteiger partial charge in [0.05, 0.1) is 25.2 Å². The largest absolute Gasteiger partial charge is 0.480 e. The Balaban J connectivity index is 5.30. The number of carboxylic acids is 1. The van der Waals surface area contributed by atoms with E-state index in [1.165, 1.54) is 0 Å². The number of aliphatic carboxylic acids is 1. The molecule has 0 aromatic rings. The number of aliphatic hydroxyl groups is 2. The topological polar surface area (TPSA) is 234 Å². The average molecular weight is 419 g/mol. The third-order valence-corrected chi connectivity index (χ3v) is 3.92. The molecule has 4 amide bonds. The molecule has 0 bridgehead atoms. The Morgan fingerprint density at radius 2 is 1.38 bits per heavy atom. The third-order valence-electron chi connectivity index (χ3n) is 3.92. The van der Waals surface area contributed by atoms with Gasteiger partial charge in [0.15, 0.2) is 6.04 Å². The van der Waals surface area contributed by atoms with Gasteiger partial charge in [0.25, 0.3) is 0 Å². The first-order chi connectivity index (χ1) is 13.3. The SMILES string of the molecule is CC(C)C(N)C(=O)NC(CO)C(=O)NC(CC(N)=O)C(=O)NC(C(=O)O)C(C)O. The number of nitrogens with two attached hydrogens (primary N) is 2. The number of hydrogen-bond acceptors (Lipinski definition) is 8. The van der Waals surface area contributed by atoms with Crippen molar-refractivity contribution < 1.29 is 39.3 Å². The van der Waals surface area contributed by atoms with Crippen LogP contribution in [0.3, 0.4) is 0 Å². The molecular formula is C16H29N5O8. The van der Waals surface area contributed by atoms with Crippen LogP contribution in [0.25, 0.3) is 0 Å². The fourth-order valence-corrected chi connectivity index (χ4v) is 2.09. The zero-order valence-electron chi connectivity index (χ0n) is 16.4. The van der Waals surface area contributed by atoms with Crippen molar-refractivity contribution in [3.63, 3.8) is 0 Å². The van der Waals surface area contributed by atoms with Gasteiger partial charge in [0, 0.05) is 0 Å². The number of hydrogen-bond donors (Lipinski definition) is 8. The molecule has 0 heterocycles. The number of carbonyl (C=O) groups excluding carboxylic acids is 4. The van der Waals surface area contributed by atoms with Crippen molar-refractivity contribution in [2.24, 2.45) is 17.4 Å². The molecule has 0 saturated carbocycles. The van der Waals surface area contributed by atoms with Crippen molar-refractivity contribution in [1.82, 2.24) is 16.0 Å². The Bertz CT molecular complexity index is 624. The second-order valence-corrected chi connectivity index (χ2v) is 6.81. The van der Waals surface area contributed by atoms with Gasteiger partial charge in [-0.05, 0) is 12.8 Å². The van der Waals surface area contributed by atoms with Gasteiger partial charge in [-0.2, -0.15) is 0 Å². The van der Waals surface area contributed by atoms with E-state index < -0.39 is 72.9 Å². The zero-order valence-corrected chi connectivity index (χ0v) is 16.4. The van der Waals surface area contributed by atoms with Crippen molar-refractivity contribution in [3.05, 3.63) is 0 Å². The van der Waals surface area contributed by atoms with E-state index >= 15 is 0 Å². The third kappa shape index (κ3) is 8.85. The molecule has 29 heavy (non-hydrogen) atoms. The molecule has 0 radical (unpaired) electrons. The van der Waals surface area contributed by atoms with Crippen molar-refractivity contribution in [3.8, 4) is 0 Å². The van der Waals surface area contributed by atoms with Gasteiger partial charge in [-0.25, -0.2) is 4.79 Å². The summed E-state index contributed by atoms with van der Waals surface area (Å²) >= 11 is 0. The summed E-state index contributed by atoms with van der Waals surface area (Å²) in [7, 11) is 0. The van der Waals surface area contributed by atoms with Gasteiger partial charge < -0.3 is 42.7 Å². The predicted molar refractivity (Wildman–Crippen MR) is 98.8 cm³/mol. The fraction of sp³-hybridized carbons (Fsp3) is 0.688. The van der Waals surface area contributed by atoms with E-state index in [0.717, 1.165) is 6.92 Å². The number of rotatable bonds is 12. The second kappa shape index (κ2) is 11.9. The van der Waals surface area contributed by atoms with Crippen molar-refractivity contribution >= 4 is 29.6 Å². The van der Waals surface area contributed by atoms with E-state index in [2.05, 4.69) is 10.6 Å². The molecule has 0 aliphatic heterocycles. The highest BCUT2D eigenvalue weighted by atomic mass is 16.4. The second-order valence-electron chi connectivity index (χ2n) is 6.81. The monoisotopic (exact) mass is 419 g/mol. The molecule has 0 fully saturated rings. The minimum absolute atomic E-state index is 0.251. The van der Waals surface area contributed by atoms with E-state index in [4.69, 9.17) is 16.6 Å². The molecule has 0 spiro atoms. The van der Waals surface area contributed by atoms with Gasteiger partial charge in [0.1, 0.15) is 12.1 Å². The Kier molecular flexibility index (Phi) is 10.8. The Morgan fingerprint density at radius 3 is 1.76 bits per heavy atom. The lowest BCUT2D eigenvalue weighted by molar-refractivity contribution is -0.145. The van der Waals surface area contributed by atoms with E-state index in [1.54, 1.807) is 13.8 Å². The maximum absolute atomic E-state index is 12.3. The highest BCUT2D eigenvalue weighted by Crippen LogP contribution is 2.01. The van der Waals surface area contributed by atoms with Crippen molar-refractivity contribution in [2.75, 3.05) is 6.61 Å². The molecule has 0 aliphatic rings. The summed E-state index contributed by atoms with van der Waals surface area (Å²) in [5.41, 5.74) is 10.7. The number of amides is 4. The summed E-state index contributed by atoms with van der Waals surface area (Å²) in [4.78, 5) is 58.9. The Labute approximate surface area is 167 Å². The lowest BCUT2D eigenvalue weighted by Crippen LogP contribution is -2.59. The molecule has 13 nitrogen and oxygen atoms in total. The molecule has 166 valence electrons. The molecule has 10 N–H and O–H groups in total. The van der Waals surface area contributed by atoms with Crippen molar-refractivity contribution in [1.29, 1.82) is 0 Å². The van der Waals surface area contributed by atoms with E-state index in [1.807, 2.05) is 5.32 Å². The number of carboxylic acid groups (broad SMARTS) is 1. The summed E-state index contributed by atoms with van der Waals surface area (Å²) < 4.78 is 0. The smallest absolute Gasteiger partial charge is 0.328 e. The van der Waals surface area contributed by atoms with Crippen LogP contribution in [-0.4, -0.2) is 81.8 Å². The first-order valence-corrected chi connectivity index (χ1v) is 8.78. The molecule has 5 atom stereocenters. The van der Waals surface area contributed by atoms with Crippen LogP contribution in [0.5, 0.6) is 0 Å². The summed E-state index contributed by atoms with van der Waals surface area (Å²) in [6.07, 6.45) is -2.16. The van der Waals surface area contributed by atoms with Crippen LogP contribution in [0.1, 0.15) is 27.2 Å². The van der Waals surface area contributed by atoms with Gasteiger partial charge >= 0.3 is 5.97 Å². The highest BCUT2D eigenvalue weighted by Gasteiger charge is 2.32. The van der Waals surface area contributed by atoms with Crippen LogP contribution < -0.4 is 27.4 Å². The van der Waals surface area contributed by atoms with Gasteiger partial charge in [-0.3, -0.25) is 19.2 Å². The van der Waals surface area contributed by atoms with E-state index in [0.29, 0.717) is 0 Å². The molecule has 0 aromatic carbocycles. The van der Waals surface area contributed by atoms with E-state index in [-0.39, 0.29) is 5.92 Å². The average Bonchev–Trinajstić information content (AvgIpc) is 2.61. The highest BCUT2D eigenvalue weighted by molar-refractivity contribution is 5.96. The summed E-state index contributed by atoms with van der Waals surface area (Å²) in [5.74, 6) is -5.62. The zero-order chi connectivity index (χ0) is 22.9. The number of carbonyl (C=O) groups is 5. The maximum Gasteiger partial charge on any atom is 0.328 e. The predicted octanol–water partition coefficient (Wildman–Crippen LogP) is -4.24. The molecule has 0 aromatic heterocycles. The molecule has 5 unspecified atom stereocenters. The van der Waals surface area contributed by atoms with Gasteiger partial charge in [0.2, 0.25) is 23.6 Å². The molecule has 13 heteroatoms. The van der Waals surface area contributed by atoms with Crippen LogP contribution in [0.4, 0.5) is 0 Å². The maximum atomic E-state index is 12.3. The van der Waals surface area contributed by atoms with Crippen LogP contribution in [0.15, 0.2) is 0 Å². The fourth-order valence-electron chi connectivity index (χ4n) is 2.09. The summed E-state index contributed by atoms with van der Waals surface area (Å²) in [5, 5.41) is 34.1. The number of nitrogens with one attached hydrogen (secondary N) is 3. The summed E-state index contributed by atoms with van der Waals surface area (Å²) in [6.45, 7) is 3.63. The van der Waals surface area contributed by atoms with Crippen LogP contribution in [-0.2, 0) is 24.0 Å². The Hall–Kier alpha value is -2.77. The number of primary amides is 1. The van der Waals surface area contributed by atoms with Crippen LogP contribution in [0.2, 0.25) is 0 Å². The Morgan fingerprint density at radius 1 is 0.897 bits per heavy atom. The lowest BCUT2D eigenvalue weighted by atomic mass is 10.0. The van der Waals surface area contributed by atoms with Gasteiger partial charge in [-0.1, -0.05) is 13.8 Å². The minimum atomic E-state index is -1.70. The minimum Gasteiger partial charge on any atom is -0.480 e. The molecule has 0 aliphatic carbocycles. The standard InChI is InChI=1S/C16H29N5O8/c1-6(2)11(18)15(27)20-9(5-22)14(26)19-8(4-10(17)24)13(25)21-12(7(3)23)16(28)29/h6-9,11-12,22-23H,4-5,18H2,1-3H3,(H2,17,24)(H,19,26)(H,20,27)(H,21,25)(H,28,29). The summed E-state index contributed by atoms with van der Waals surface area (Å²) in [6, 6.07) is -5.75. The quantitative estimate of drug-likeness (QED) is 0.153. The number of aliphatic hydroxyl groups excluding tert-OH is 2. The van der Waals surface area contributed by atoms with Crippen LogP contribution >= 0.6 is 0 Å². The van der Waals surface area contributed by atoms with Crippen molar-refractivity contribution in [2.45, 2.75) is 57.5 Å². The normalized spacial score (nSPS) is 16.1.